The van der Waals surface area contributed by atoms with Gasteiger partial charge in [0.2, 0.25) is 0 Å². The first kappa shape index (κ1) is 22.8. The van der Waals surface area contributed by atoms with Crippen LogP contribution in [0.25, 0.3) is 0 Å². The van der Waals surface area contributed by atoms with E-state index in [0.29, 0.717) is 31.2 Å². The summed E-state index contributed by atoms with van der Waals surface area (Å²) >= 11 is 0. The molecule has 0 spiro atoms. The van der Waals surface area contributed by atoms with Crippen LogP contribution >= 0.6 is 0 Å². The van der Waals surface area contributed by atoms with Crippen molar-refractivity contribution in [2.45, 2.75) is 50.6 Å². The number of alkyl halides is 3. The van der Waals surface area contributed by atoms with Crippen LogP contribution < -0.4 is 0 Å². The van der Waals surface area contributed by atoms with Gasteiger partial charge in [0.1, 0.15) is 0 Å². The summed E-state index contributed by atoms with van der Waals surface area (Å²) in [5.41, 5.74) is 1.03. The first-order chi connectivity index (χ1) is 14.8. The topological polar surface area (TPSA) is 43.4 Å². The van der Waals surface area contributed by atoms with Gasteiger partial charge in [-0.2, -0.15) is 13.2 Å². The number of esters is 2. The van der Waals surface area contributed by atoms with Crippen molar-refractivity contribution in [1.82, 2.24) is 0 Å². The first-order valence-electron chi connectivity index (χ1n) is 10.5. The van der Waals surface area contributed by atoms with Crippen LogP contribution in [-0.4, -0.2) is 11.9 Å². The van der Waals surface area contributed by atoms with Crippen LogP contribution in [0, 0.1) is 5.92 Å². The number of rotatable bonds is 6. The molecule has 2 atom stereocenters. The Labute approximate surface area is 179 Å². The first-order valence-corrected chi connectivity index (χ1v) is 10.5. The SMILES string of the molecule is O=C(/C=C\CCc1cccc(C(F)(F)F)c1)OC(=O)C1CCCC(c2ccccc2)C1. The third kappa shape index (κ3) is 6.81. The minimum atomic E-state index is -4.38. The average Bonchev–Trinajstić information content (AvgIpc) is 2.77. The number of hydrogen-bond donors (Lipinski definition) is 0. The summed E-state index contributed by atoms with van der Waals surface area (Å²) in [5.74, 6) is -1.27. The second-order valence-electron chi connectivity index (χ2n) is 7.85. The highest BCUT2D eigenvalue weighted by molar-refractivity contribution is 5.92. The van der Waals surface area contributed by atoms with Crippen molar-refractivity contribution in [3.05, 3.63) is 83.4 Å². The zero-order valence-corrected chi connectivity index (χ0v) is 17.1. The van der Waals surface area contributed by atoms with Gasteiger partial charge in [-0.3, -0.25) is 4.79 Å². The molecule has 0 heterocycles. The lowest BCUT2D eigenvalue weighted by Crippen LogP contribution is -2.25. The van der Waals surface area contributed by atoms with Crippen molar-refractivity contribution in [2.75, 3.05) is 0 Å². The minimum absolute atomic E-state index is 0.283. The highest BCUT2D eigenvalue weighted by Crippen LogP contribution is 2.36. The number of halogens is 3. The minimum Gasteiger partial charge on any atom is -0.390 e. The second kappa shape index (κ2) is 10.4. The third-order valence-corrected chi connectivity index (χ3v) is 5.59. The molecule has 0 radical (unpaired) electrons. The zero-order chi connectivity index (χ0) is 22.3. The normalized spacial score (nSPS) is 19.3. The van der Waals surface area contributed by atoms with Gasteiger partial charge in [-0.1, -0.05) is 61.0 Å². The van der Waals surface area contributed by atoms with E-state index in [2.05, 4.69) is 12.1 Å². The van der Waals surface area contributed by atoms with E-state index in [1.54, 1.807) is 6.07 Å². The Morgan fingerprint density at radius 3 is 2.55 bits per heavy atom. The van der Waals surface area contributed by atoms with Crippen molar-refractivity contribution < 1.29 is 27.5 Å². The average molecular weight is 430 g/mol. The molecule has 6 heteroatoms. The van der Waals surface area contributed by atoms with Crippen LogP contribution in [0.15, 0.2) is 66.7 Å². The second-order valence-corrected chi connectivity index (χ2v) is 7.85. The molecule has 31 heavy (non-hydrogen) atoms. The fourth-order valence-electron chi connectivity index (χ4n) is 3.98. The zero-order valence-electron chi connectivity index (χ0n) is 17.1. The Hall–Kier alpha value is -2.89. The highest BCUT2D eigenvalue weighted by atomic mass is 19.4. The Balaban J connectivity index is 1.46. The monoisotopic (exact) mass is 430 g/mol. The van der Waals surface area contributed by atoms with Gasteiger partial charge in [0, 0.05) is 6.08 Å². The van der Waals surface area contributed by atoms with E-state index in [-0.39, 0.29) is 11.8 Å². The van der Waals surface area contributed by atoms with E-state index in [1.807, 2.05) is 18.2 Å². The lowest BCUT2D eigenvalue weighted by molar-refractivity contribution is -0.160. The molecule has 164 valence electrons. The summed E-state index contributed by atoms with van der Waals surface area (Å²) in [4.78, 5) is 24.4. The summed E-state index contributed by atoms with van der Waals surface area (Å²) in [6.07, 6.45) is 2.30. The van der Waals surface area contributed by atoms with E-state index >= 15 is 0 Å². The maximum atomic E-state index is 12.8. The van der Waals surface area contributed by atoms with Crippen LogP contribution in [0.5, 0.6) is 0 Å². The number of aryl methyl sites for hydroxylation is 1. The van der Waals surface area contributed by atoms with Gasteiger partial charge in [-0.25, -0.2) is 4.79 Å². The van der Waals surface area contributed by atoms with Gasteiger partial charge in [-0.05, 0) is 55.2 Å². The molecule has 0 saturated heterocycles. The maximum absolute atomic E-state index is 12.8. The molecule has 1 fully saturated rings. The van der Waals surface area contributed by atoms with Crippen molar-refractivity contribution in [3.63, 3.8) is 0 Å². The Bertz CT molecular complexity index is 919. The van der Waals surface area contributed by atoms with Gasteiger partial charge in [0.25, 0.3) is 0 Å². The number of hydrogen-bond acceptors (Lipinski definition) is 3. The standard InChI is InChI=1S/C25H25F3O3/c26-25(27,28)22-14-6-9-18(16-22)8-4-5-15-23(29)31-24(30)21-13-7-12-20(17-21)19-10-2-1-3-11-19/h1-3,5-6,9-11,14-16,20-21H,4,7-8,12-13,17H2/b15-5-. The van der Waals surface area contributed by atoms with Crippen LogP contribution in [0.4, 0.5) is 13.2 Å². The number of benzene rings is 2. The molecule has 0 amide bonds. The van der Waals surface area contributed by atoms with Crippen molar-refractivity contribution >= 4 is 11.9 Å². The van der Waals surface area contributed by atoms with E-state index in [1.165, 1.54) is 23.8 Å². The van der Waals surface area contributed by atoms with E-state index in [9.17, 15) is 22.8 Å². The van der Waals surface area contributed by atoms with Gasteiger partial charge in [-0.15, -0.1) is 0 Å². The summed E-state index contributed by atoms with van der Waals surface area (Å²) in [5, 5.41) is 0. The van der Waals surface area contributed by atoms with Crippen LogP contribution in [0.3, 0.4) is 0 Å². The van der Waals surface area contributed by atoms with Crippen LogP contribution in [0.1, 0.15) is 54.7 Å². The lowest BCUT2D eigenvalue weighted by atomic mass is 9.78. The molecular weight excluding hydrogens is 405 g/mol. The molecule has 3 rings (SSSR count). The van der Waals surface area contributed by atoms with Gasteiger partial charge < -0.3 is 4.74 Å². The van der Waals surface area contributed by atoms with E-state index in [4.69, 9.17) is 4.74 Å². The van der Waals surface area contributed by atoms with Gasteiger partial charge >= 0.3 is 18.1 Å². The number of allylic oxidation sites excluding steroid dienone is 1. The number of carbonyl (C=O) groups excluding carboxylic acids is 2. The van der Waals surface area contributed by atoms with Gasteiger partial charge in [0.15, 0.2) is 0 Å². The summed E-state index contributed by atoms with van der Waals surface area (Å²) in [6, 6.07) is 15.1. The fraction of sp³-hybridized carbons (Fsp3) is 0.360. The molecule has 2 aromatic rings. The molecule has 3 nitrogen and oxygen atoms in total. The predicted molar refractivity (Wildman–Crippen MR) is 111 cm³/mol. The lowest BCUT2D eigenvalue weighted by Gasteiger charge is -2.27. The van der Waals surface area contributed by atoms with E-state index < -0.39 is 23.7 Å². The van der Waals surface area contributed by atoms with Crippen LogP contribution in [-0.2, 0) is 26.9 Å². The largest absolute Gasteiger partial charge is 0.416 e. The van der Waals surface area contributed by atoms with Gasteiger partial charge in [0.05, 0.1) is 11.5 Å². The summed E-state index contributed by atoms with van der Waals surface area (Å²) < 4.78 is 43.2. The molecule has 1 aliphatic rings. The molecule has 0 bridgehead atoms. The number of carbonyl (C=O) groups is 2. The summed E-state index contributed by atoms with van der Waals surface area (Å²) in [7, 11) is 0. The Morgan fingerprint density at radius 2 is 1.81 bits per heavy atom. The summed E-state index contributed by atoms with van der Waals surface area (Å²) in [6.45, 7) is 0. The Morgan fingerprint density at radius 1 is 1.03 bits per heavy atom. The smallest absolute Gasteiger partial charge is 0.390 e. The quantitative estimate of drug-likeness (QED) is 0.310. The molecular formula is C25H25F3O3. The molecule has 2 unspecified atom stereocenters. The molecule has 0 aromatic heterocycles. The van der Waals surface area contributed by atoms with Crippen molar-refractivity contribution in [1.29, 1.82) is 0 Å². The molecule has 1 aliphatic carbocycles. The third-order valence-electron chi connectivity index (χ3n) is 5.59. The molecule has 0 aliphatic heterocycles. The number of ether oxygens (including phenoxy) is 1. The molecule has 1 saturated carbocycles. The van der Waals surface area contributed by atoms with Crippen molar-refractivity contribution in [2.24, 2.45) is 5.92 Å². The molecule has 0 N–H and O–H groups in total. The predicted octanol–water partition coefficient (Wildman–Crippen LogP) is 6.24. The van der Waals surface area contributed by atoms with Crippen LogP contribution in [0.2, 0.25) is 0 Å². The highest BCUT2D eigenvalue weighted by Gasteiger charge is 2.31. The van der Waals surface area contributed by atoms with Crippen molar-refractivity contribution in [3.8, 4) is 0 Å². The molecule has 2 aromatic carbocycles. The maximum Gasteiger partial charge on any atom is 0.416 e. The fourth-order valence-corrected chi connectivity index (χ4v) is 3.98. The van der Waals surface area contributed by atoms with E-state index in [0.717, 1.165) is 25.0 Å². The Kier molecular flexibility index (Phi) is 7.66.